The second-order valence-corrected chi connectivity index (χ2v) is 4.19. The molecule has 1 aliphatic rings. The molecule has 1 N–H and O–H groups in total. The Hall–Kier alpha value is -1.05. The summed E-state index contributed by atoms with van der Waals surface area (Å²) in [5.41, 5.74) is 0. The van der Waals surface area contributed by atoms with E-state index in [-0.39, 0.29) is 5.91 Å². The molecule has 1 atom stereocenters. The number of carbonyl (C=O) groups excluding carboxylic acids is 1. The minimum absolute atomic E-state index is 0.154. The van der Waals surface area contributed by atoms with E-state index in [1.165, 1.54) is 0 Å². The van der Waals surface area contributed by atoms with Crippen LogP contribution in [0.2, 0.25) is 0 Å². The van der Waals surface area contributed by atoms with Crippen LogP contribution in [0.25, 0.3) is 0 Å². The zero-order valence-electron chi connectivity index (χ0n) is 10.2. The third-order valence-corrected chi connectivity index (χ3v) is 3.10. The number of terminal acetylenes is 1. The number of likely N-dealkylation sites (N-methyl/N-ethyl adjacent to an activating group) is 1. The summed E-state index contributed by atoms with van der Waals surface area (Å²) in [5, 5.41) is 2.94. The van der Waals surface area contributed by atoms with Crippen LogP contribution in [0.3, 0.4) is 0 Å². The van der Waals surface area contributed by atoms with Crippen LogP contribution in [0.4, 0.5) is 0 Å². The molecule has 90 valence electrons. The number of hydrogen-bond acceptors (Lipinski definition) is 3. The molecule has 4 heteroatoms. The van der Waals surface area contributed by atoms with Gasteiger partial charge in [-0.25, -0.2) is 0 Å². The van der Waals surface area contributed by atoms with Gasteiger partial charge in [0.05, 0.1) is 13.1 Å². The maximum Gasteiger partial charge on any atom is 0.236 e. The molecule has 4 nitrogen and oxygen atoms in total. The van der Waals surface area contributed by atoms with Crippen molar-refractivity contribution in [2.75, 3.05) is 39.8 Å². The fraction of sp³-hybridized carbons (Fsp3) is 0.750. The van der Waals surface area contributed by atoms with Crippen LogP contribution in [0, 0.1) is 12.3 Å². The van der Waals surface area contributed by atoms with Gasteiger partial charge in [0.25, 0.3) is 0 Å². The van der Waals surface area contributed by atoms with Gasteiger partial charge >= 0.3 is 0 Å². The Morgan fingerprint density at radius 2 is 2.31 bits per heavy atom. The third-order valence-electron chi connectivity index (χ3n) is 3.10. The number of piperazine rings is 1. The van der Waals surface area contributed by atoms with Crippen LogP contribution in [0.15, 0.2) is 0 Å². The van der Waals surface area contributed by atoms with Gasteiger partial charge in [0.15, 0.2) is 0 Å². The number of rotatable bonds is 4. The van der Waals surface area contributed by atoms with Gasteiger partial charge in [-0.1, -0.05) is 12.8 Å². The smallest absolute Gasteiger partial charge is 0.236 e. The van der Waals surface area contributed by atoms with Crippen LogP contribution in [0.5, 0.6) is 0 Å². The summed E-state index contributed by atoms with van der Waals surface area (Å²) >= 11 is 0. The quantitative estimate of drug-likeness (QED) is 0.528. The van der Waals surface area contributed by atoms with Crippen molar-refractivity contribution >= 4 is 5.91 Å². The van der Waals surface area contributed by atoms with E-state index < -0.39 is 0 Å². The van der Waals surface area contributed by atoms with Crippen molar-refractivity contribution in [2.24, 2.45) is 0 Å². The Bertz CT molecular complexity index is 272. The molecule has 1 aliphatic heterocycles. The second-order valence-electron chi connectivity index (χ2n) is 4.19. The van der Waals surface area contributed by atoms with E-state index in [9.17, 15) is 4.79 Å². The van der Waals surface area contributed by atoms with Gasteiger partial charge in [-0.3, -0.25) is 15.0 Å². The summed E-state index contributed by atoms with van der Waals surface area (Å²) in [6, 6.07) is 0.491. The Balaban J connectivity index is 2.37. The second kappa shape index (κ2) is 6.51. The summed E-state index contributed by atoms with van der Waals surface area (Å²) < 4.78 is 0. The molecule has 1 fully saturated rings. The Kier molecular flexibility index (Phi) is 5.30. The van der Waals surface area contributed by atoms with Crippen molar-refractivity contribution in [3.8, 4) is 12.3 Å². The van der Waals surface area contributed by atoms with Crippen molar-refractivity contribution in [1.29, 1.82) is 0 Å². The highest BCUT2D eigenvalue weighted by atomic mass is 16.2. The van der Waals surface area contributed by atoms with E-state index in [1.54, 1.807) is 0 Å². The van der Waals surface area contributed by atoms with Crippen LogP contribution in [-0.2, 0) is 4.79 Å². The Morgan fingerprint density at radius 3 is 2.94 bits per heavy atom. The molecule has 1 unspecified atom stereocenters. The predicted molar refractivity (Wildman–Crippen MR) is 65.0 cm³/mol. The topological polar surface area (TPSA) is 35.6 Å². The van der Waals surface area contributed by atoms with Gasteiger partial charge in [0.2, 0.25) is 5.91 Å². The number of amides is 1. The summed E-state index contributed by atoms with van der Waals surface area (Å²) in [6.07, 6.45) is 6.19. The van der Waals surface area contributed by atoms with Crippen molar-refractivity contribution < 1.29 is 4.79 Å². The minimum Gasteiger partial charge on any atom is -0.339 e. The highest BCUT2D eigenvalue weighted by molar-refractivity contribution is 5.78. The lowest BCUT2D eigenvalue weighted by Gasteiger charge is -2.39. The zero-order valence-corrected chi connectivity index (χ0v) is 10.2. The lowest BCUT2D eigenvalue weighted by atomic mass is 10.1. The summed E-state index contributed by atoms with van der Waals surface area (Å²) in [7, 11) is 2.12. The molecule has 0 aliphatic carbocycles. The average Bonchev–Trinajstić information content (AvgIpc) is 2.30. The molecule has 16 heavy (non-hydrogen) atoms. The molecule has 1 rings (SSSR count). The molecular formula is C12H21N3O. The molecule has 0 aromatic heterocycles. The van der Waals surface area contributed by atoms with Crippen molar-refractivity contribution in [2.45, 2.75) is 19.4 Å². The maximum absolute atomic E-state index is 11.8. The molecule has 0 saturated carbocycles. The first-order chi connectivity index (χ1) is 7.69. The monoisotopic (exact) mass is 223 g/mol. The van der Waals surface area contributed by atoms with Crippen molar-refractivity contribution in [1.82, 2.24) is 15.1 Å². The molecule has 1 saturated heterocycles. The summed E-state index contributed by atoms with van der Waals surface area (Å²) in [6.45, 7) is 5.58. The minimum atomic E-state index is 0.154. The van der Waals surface area contributed by atoms with Gasteiger partial charge in [0.1, 0.15) is 0 Å². The zero-order chi connectivity index (χ0) is 12.0. The van der Waals surface area contributed by atoms with Gasteiger partial charge in [-0.15, -0.1) is 6.42 Å². The van der Waals surface area contributed by atoms with Gasteiger partial charge in [-0.2, -0.15) is 0 Å². The summed E-state index contributed by atoms with van der Waals surface area (Å²) in [4.78, 5) is 16.1. The molecule has 0 spiro atoms. The fourth-order valence-electron chi connectivity index (χ4n) is 1.97. The molecule has 0 bridgehead atoms. The van der Waals surface area contributed by atoms with E-state index in [4.69, 9.17) is 6.42 Å². The standard InChI is InChI=1S/C12H21N3O/c1-4-6-13-9-12(16)15-8-7-14(3)11(5-2)10-15/h1,11,13H,5-10H2,2-3H3. The van der Waals surface area contributed by atoms with Crippen LogP contribution < -0.4 is 5.32 Å². The first-order valence-electron chi connectivity index (χ1n) is 5.81. The van der Waals surface area contributed by atoms with E-state index in [0.29, 0.717) is 19.1 Å². The van der Waals surface area contributed by atoms with Crippen LogP contribution in [-0.4, -0.2) is 61.5 Å². The highest BCUT2D eigenvalue weighted by Gasteiger charge is 2.25. The van der Waals surface area contributed by atoms with Gasteiger partial charge in [0, 0.05) is 25.7 Å². The first kappa shape index (κ1) is 13.0. The molecule has 0 aromatic rings. The van der Waals surface area contributed by atoms with Crippen LogP contribution >= 0.6 is 0 Å². The molecule has 1 amide bonds. The Labute approximate surface area is 98.0 Å². The lowest BCUT2D eigenvalue weighted by Crippen LogP contribution is -2.54. The molecular weight excluding hydrogens is 202 g/mol. The van der Waals surface area contributed by atoms with E-state index in [1.807, 2.05) is 4.90 Å². The third kappa shape index (κ3) is 3.51. The number of carbonyl (C=O) groups is 1. The van der Waals surface area contributed by atoms with E-state index >= 15 is 0 Å². The average molecular weight is 223 g/mol. The number of nitrogens with zero attached hydrogens (tertiary/aromatic N) is 2. The Morgan fingerprint density at radius 1 is 1.56 bits per heavy atom. The largest absolute Gasteiger partial charge is 0.339 e. The van der Waals surface area contributed by atoms with Crippen LogP contribution in [0.1, 0.15) is 13.3 Å². The lowest BCUT2D eigenvalue weighted by molar-refractivity contribution is -0.132. The molecule has 0 aromatic carbocycles. The number of hydrogen-bond donors (Lipinski definition) is 1. The first-order valence-corrected chi connectivity index (χ1v) is 5.81. The van der Waals surface area contributed by atoms with Crippen molar-refractivity contribution in [3.63, 3.8) is 0 Å². The summed E-state index contributed by atoms with van der Waals surface area (Å²) in [5.74, 6) is 2.62. The predicted octanol–water partition coefficient (Wildman–Crippen LogP) is -0.238. The normalized spacial score (nSPS) is 21.8. The highest BCUT2D eigenvalue weighted by Crippen LogP contribution is 2.10. The fourth-order valence-corrected chi connectivity index (χ4v) is 1.97. The molecule has 1 heterocycles. The van der Waals surface area contributed by atoms with Gasteiger partial charge < -0.3 is 4.90 Å². The van der Waals surface area contributed by atoms with Gasteiger partial charge in [-0.05, 0) is 13.5 Å². The maximum atomic E-state index is 11.8. The SMILES string of the molecule is C#CCNCC(=O)N1CCN(C)C(CC)C1. The van der Waals surface area contributed by atoms with E-state index in [0.717, 1.165) is 26.1 Å². The van der Waals surface area contributed by atoms with E-state index in [2.05, 4.69) is 30.1 Å². The molecule has 0 radical (unpaired) electrons. The number of nitrogens with one attached hydrogen (secondary N) is 1. The van der Waals surface area contributed by atoms with Crippen molar-refractivity contribution in [3.05, 3.63) is 0 Å².